The van der Waals surface area contributed by atoms with E-state index in [9.17, 15) is 9.59 Å². The highest BCUT2D eigenvalue weighted by atomic mass is 16.2. The molecule has 0 atom stereocenters. The van der Waals surface area contributed by atoms with Crippen LogP contribution in [0.3, 0.4) is 0 Å². The van der Waals surface area contributed by atoms with Crippen molar-refractivity contribution in [2.75, 3.05) is 0 Å². The molecule has 0 saturated carbocycles. The number of carbonyl (C=O) groups excluding carboxylic acids is 2. The number of amides is 2. The molecule has 120 valence electrons. The fourth-order valence-corrected chi connectivity index (χ4v) is 2.27. The van der Waals surface area contributed by atoms with Crippen molar-refractivity contribution in [2.45, 2.75) is 6.54 Å². The Morgan fingerprint density at radius 1 is 1.00 bits per heavy atom. The third kappa shape index (κ3) is 3.67. The fraction of sp³-hybridized carbons (Fsp3) is 0.0556. The van der Waals surface area contributed by atoms with Gasteiger partial charge in [-0.05, 0) is 11.6 Å². The van der Waals surface area contributed by atoms with Gasteiger partial charge >= 0.3 is 11.8 Å². The zero-order valence-corrected chi connectivity index (χ0v) is 12.8. The Morgan fingerprint density at radius 2 is 1.75 bits per heavy atom. The molecule has 6 heteroatoms. The number of aromatic nitrogens is 1. The number of carbonyl (C=O) groups is 2. The standard InChI is InChI=1S/C18H16N4O2/c23-17(20-10-13-6-2-1-3-7-13)18(24)22-21-12-14-11-19-16-9-5-4-8-15(14)16/h1-9,11-12,19H,10H2,(H,20,23)(H,22,24)/b21-12+. The number of fused-ring (bicyclic) bond motifs is 1. The maximum atomic E-state index is 11.7. The lowest BCUT2D eigenvalue weighted by Crippen LogP contribution is -2.37. The van der Waals surface area contributed by atoms with E-state index in [0.717, 1.165) is 22.0 Å². The molecule has 24 heavy (non-hydrogen) atoms. The predicted molar refractivity (Wildman–Crippen MR) is 92.3 cm³/mol. The minimum atomic E-state index is -0.804. The van der Waals surface area contributed by atoms with Gasteiger partial charge in [0.05, 0.1) is 6.21 Å². The van der Waals surface area contributed by atoms with Crippen LogP contribution in [0.15, 0.2) is 65.9 Å². The number of benzene rings is 2. The molecule has 3 aromatic rings. The minimum absolute atomic E-state index is 0.291. The highest BCUT2D eigenvalue weighted by Crippen LogP contribution is 2.15. The van der Waals surface area contributed by atoms with Gasteiger partial charge in [0, 0.05) is 29.2 Å². The summed E-state index contributed by atoms with van der Waals surface area (Å²) in [5.41, 5.74) is 4.95. The topological polar surface area (TPSA) is 86.3 Å². The number of rotatable bonds is 4. The summed E-state index contributed by atoms with van der Waals surface area (Å²) in [5.74, 6) is -1.53. The molecule has 0 unspecified atom stereocenters. The second-order valence-corrected chi connectivity index (χ2v) is 5.16. The van der Waals surface area contributed by atoms with E-state index in [4.69, 9.17) is 0 Å². The van der Waals surface area contributed by atoms with Gasteiger partial charge in [-0.3, -0.25) is 9.59 Å². The average Bonchev–Trinajstić information content (AvgIpc) is 3.04. The first-order chi connectivity index (χ1) is 11.7. The molecular formula is C18H16N4O2. The van der Waals surface area contributed by atoms with Gasteiger partial charge in [-0.1, -0.05) is 48.5 Å². The van der Waals surface area contributed by atoms with Crippen LogP contribution in [0.1, 0.15) is 11.1 Å². The first-order valence-corrected chi connectivity index (χ1v) is 7.45. The van der Waals surface area contributed by atoms with Crippen LogP contribution in [0.25, 0.3) is 10.9 Å². The monoisotopic (exact) mass is 320 g/mol. The van der Waals surface area contributed by atoms with Crippen LogP contribution in [0.4, 0.5) is 0 Å². The summed E-state index contributed by atoms with van der Waals surface area (Å²) in [6.45, 7) is 0.291. The first kappa shape index (κ1) is 15.5. The SMILES string of the molecule is O=C(NCc1ccccc1)C(=O)N/N=C/c1c[nH]c2ccccc12. The molecule has 1 heterocycles. The fourth-order valence-electron chi connectivity index (χ4n) is 2.27. The Balaban J connectivity index is 1.54. The predicted octanol–water partition coefficient (Wildman–Crippen LogP) is 1.93. The molecular weight excluding hydrogens is 304 g/mol. The van der Waals surface area contributed by atoms with Gasteiger partial charge < -0.3 is 10.3 Å². The van der Waals surface area contributed by atoms with Crippen molar-refractivity contribution in [1.82, 2.24) is 15.7 Å². The van der Waals surface area contributed by atoms with Gasteiger partial charge in [-0.2, -0.15) is 5.10 Å². The van der Waals surface area contributed by atoms with Gasteiger partial charge in [0.15, 0.2) is 0 Å². The highest BCUT2D eigenvalue weighted by molar-refractivity contribution is 6.35. The number of aromatic amines is 1. The summed E-state index contributed by atoms with van der Waals surface area (Å²) < 4.78 is 0. The molecule has 0 radical (unpaired) electrons. The van der Waals surface area contributed by atoms with Gasteiger partial charge in [-0.25, -0.2) is 5.43 Å². The quantitative estimate of drug-likeness (QED) is 0.390. The van der Waals surface area contributed by atoms with Crippen molar-refractivity contribution in [3.05, 3.63) is 71.9 Å². The van der Waals surface area contributed by atoms with E-state index in [1.165, 1.54) is 6.21 Å². The summed E-state index contributed by atoms with van der Waals surface area (Å²) in [4.78, 5) is 26.5. The van der Waals surface area contributed by atoms with Crippen molar-refractivity contribution in [1.29, 1.82) is 0 Å². The number of hydrazone groups is 1. The molecule has 0 aliphatic heterocycles. The molecule has 0 aliphatic rings. The molecule has 2 amide bonds. The van der Waals surface area contributed by atoms with Crippen molar-refractivity contribution in [3.8, 4) is 0 Å². The van der Waals surface area contributed by atoms with Crippen LogP contribution in [-0.2, 0) is 16.1 Å². The molecule has 0 saturated heterocycles. The lowest BCUT2D eigenvalue weighted by molar-refractivity contribution is -0.139. The number of nitrogens with zero attached hydrogens (tertiary/aromatic N) is 1. The lowest BCUT2D eigenvalue weighted by atomic mass is 10.2. The van der Waals surface area contributed by atoms with Crippen LogP contribution >= 0.6 is 0 Å². The first-order valence-electron chi connectivity index (χ1n) is 7.45. The van der Waals surface area contributed by atoms with E-state index in [1.54, 1.807) is 6.20 Å². The van der Waals surface area contributed by atoms with E-state index in [-0.39, 0.29) is 0 Å². The molecule has 0 spiro atoms. The molecule has 0 bridgehead atoms. The van der Waals surface area contributed by atoms with Crippen molar-refractivity contribution in [2.24, 2.45) is 5.10 Å². The van der Waals surface area contributed by atoms with Crippen LogP contribution in [0, 0.1) is 0 Å². The van der Waals surface area contributed by atoms with Crippen molar-refractivity contribution < 1.29 is 9.59 Å². The molecule has 0 fully saturated rings. The van der Waals surface area contributed by atoms with Gasteiger partial charge in [0.25, 0.3) is 0 Å². The zero-order valence-electron chi connectivity index (χ0n) is 12.8. The lowest BCUT2D eigenvalue weighted by Gasteiger charge is -2.03. The second-order valence-electron chi connectivity index (χ2n) is 5.16. The van der Waals surface area contributed by atoms with Crippen molar-refractivity contribution >= 4 is 28.9 Å². The van der Waals surface area contributed by atoms with E-state index in [0.29, 0.717) is 6.54 Å². The summed E-state index contributed by atoms with van der Waals surface area (Å²) in [5, 5.41) is 7.37. The Kier molecular flexibility index (Phi) is 4.67. The number of hydrogen-bond donors (Lipinski definition) is 3. The summed E-state index contributed by atoms with van der Waals surface area (Å²) in [6, 6.07) is 17.1. The Labute approximate surface area is 138 Å². The van der Waals surface area contributed by atoms with E-state index < -0.39 is 11.8 Å². The van der Waals surface area contributed by atoms with Crippen molar-refractivity contribution in [3.63, 3.8) is 0 Å². The number of H-pyrrole nitrogens is 1. The molecule has 2 aromatic carbocycles. The Bertz CT molecular complexity index is 884. The van der Waals surface area contributed by atoms with Gasteiger partial charge in [0.2, 0.25) is 0 Å². The molecule has 3 N–H and O–H groups in total. The maximum absolute atomic E-state index is 11.7. The average molecular weight is 320 g/mol. The second kappa shape index (κ2) is 7.23. The summed E-state index contributed by atoms with van der Waals surface area (Å²) >= 11 is 0. The highest BCUT2D eigenvalue weighted by Gasteiger charge is 2.11. The molecule has 6 nitrogen and oxygen atoms in total. The molecule has 0 aliphatic carbocycles. The normalized spacial score (nSPS) is 10.8. The van der Waals surface area contributed by atoms with Crippen LogP contribution < -0.4 is 10.7 Å². The molecule has 1 aromatic heterocycles. The Hall–Kier alpha value is -3.41. The van der Waals surface area contributed by atoms with E-state index in [1.807, 2.05) is 54.6 Å². The number of para-hydroxylation sites is 1. The minimum Gasteiger partial charge on any atom is -0.361 e. The third-order valence-corrected chi connectivity index (χ3v) is 3.49. The van der Waals surface area contributed by atoms with Gasteiger partial charge in [0.1, 0.15) is 0 Å². The third-order valence-electron chi connectivity index (χ3n) is 3.49. The summed E-state index contributed by atoms with van der Waals surface area (Å²) in [7, 11) is 0. The van der Waals surface area contributed by atoms with Crippen LogP contribution in [0.2, 0.25) is 0 Å². The van der Waals surface area contributed by atoms with Crippen LogP contribution in [0.5, 0.6) is 0 Å². The number of hydrogen-bond acceptors (Lipinski definition) is 3. The maximum Gasteiger partial charge on any atom is 0.329 e. The van der Waals surface area contributed by atoms with Crippen LogP contribution in [-0.4, -0.2) is 23.0 Å². The number of nitrogens with one attached hydrogen (secondary N) is 3. The van der Waals surface area contributed by atoms with E-state index >= 15 is 0 Å². The zero-order chi connectivity index (χ0) is 16.8. The smallest absolute Gasteiger partial charge is 0.329 e. The van der Waals surface area contributed by atoms with E-state index in [2.05, 4.69) is 20.8 Å². The van der Waals surface area contributed by atoms with Gasteiger partial charge in [-0.15, -0.1) is 0 Å². The molecule has 3 rings (SSSR count). The largest absolute Gasteiger partial charge is 0.361 e. The summed E-state index contributed by atoms with van der Waals surface area (Å²) in [6.07, 6.45) is 3.29. The Morgan fingerprint density at radius 3 is 2.58 bits per heavy atom.